The van der Waals surface area contributed by atoms with E-state index in [1.54, 1.807) is 0 Å². The lowest BCUT2D eigenvalue weighted by atomic mass is 9.74. The molecule has 3 nitrogen and oxygen atoms in total. The first-order valence-electron chi connectivity index (χ1n) is 13.4. The number of carbonyl (C=O) groups is 1. The van der Waals surface area contributed by atoms with Gasteiger partial charge in [-0.25, -0.2) is 0 Å². The summed E-state index contributed by atoms with van der Waals surface area (Å²) in [5.74, 6) is 0.114. The van der Waals surface area contributed by atoms with Crippen LogP contribution in [0.25, 0.3) is 0 Å². The Kier molecular flexibility index (Phi) is 7.60. The zero-order chi connectivity index (χ0) is 27.7. The van der Waals surface area contributed by atoms with E-state index in [0.717, 1.165) is 22.3 Å². The molecule has 0 spiro atoms. The summed E-state index contributed by atoms with van der Waals surface area (Å²) in [4.78, 5) is 14.4. The van der Waals surface area contributed by atoms with Crippen molar-refractivity contribution in [3.63, 3.8) is 0 Å². The molecule has 2 atom stereocenters. The van der Waals surface area contributed by atoms with E-state index < -0.39 is 6.04 Å². The average molecular weight is 507 g/mol. The van der Waals surface area contributed by atoms with Gasteiger partial charge < -0.3 is 5.11 Å². The highest BCUT2D eigenvalue weighted by Crippen LogP contribution is 2.44. The van der Waals surface area contributed by atoms with Crippen molar-refractivity contribution in [2.45, 2.75) is 71.3 Å². The summed E-state index contributed by atoms with van der Waals surface area (Å²) in [6.45, 7) is 14.8. The van der Waals surface area contributed by atoms with Gasteiger partial charge in [-0.1, -0.05) is 120 Å². The van der Waals surface area contributed by atoms with Crippen LogP contribution in [0.1, 0.15) is 91.7 Å². The minimum absolute atomic E-state index is 0.0510. The Hall–Kier alpha value is -3.72. The van der Waals surface area contributed by atoms with Gasteiger partial charge in [0.1, 0.15) is 5.75 Å². The highest BCUT2D eigenvalue weighted by molar-refractivity contribution is 5.98. The minimum atomic E-state index is -0.522. The van der Waals surface area contributed by atoms with E-state index in [1.165, 1.54) is 5.56 Å². The molecule has 0 saturated carbocycles. The van der Waals surface area contributed by atoms with Crippen LogP contribution >= 0.6 is 0 Å². The molecular formula is C35H40NO2+. The SMILES string of the molecule is Cc1ccc(C(c2cc(C(C)(C)C)c(O)c(C(C)(C)C)c2)C(C(=O)c2ccccc2)[n+]2ccccc2)cc1. The lowest BCUT2D eigenvalue weighted by Gasteiger charge is -2.31. The quantitative estimate of drug-likeness (QED) is 0.214. The van der Waals surface area contributed by atoms with E-state index in [1.807, 2.05) is 65.5 Å². The second-order valence-corrected chi connectivity index (χ2v) is 12.4. The van der Waals surface area contributed by atoms with E-state index in [2.05, 4.69) is 84.9 Å². The number of phenols is 1. The Morgan fingerprint density at radius 2 is 1.21 bits per heavy atom. The first-order valence-corrected chi connectivity index (χ1v) is 13.4. The lowest BCUT2D eigenvalue weighted by Crippen LogP contribution is -2.47. The molecule has 0 aliphatic rings. The summed E-state index contributed by atoms with van der Waals surface area (Å²) in [5, 5.41) is 11.4. The molecule has 0 radical (unpaired) electrons. The Bertz CT molecular complexity index is 1360. The Morgan fingerprint density at radius 1 is 0.711 bits per heavy atom. The van der Waals surface area contributed by atoms with Crippen LogP contribution in [0.2, 0.25) is 0 Å². The molecule has 2 unspecified atom stereocenters. The number of phenolic OH excluding ortho intramolecular Hbond substituents is 1. The standard InChI is InChI=1S/C35H39NO2/c1-24-16-18-25(19-17-24)30(27-22-28(34(2,3)4)33(38)29(23-27)35(5,6)7)31(36-20-12-9-13-21-36)32(37)26-14-10-8-11-15-26/h8-23,30-31H,1-7H3/p+1. The first kappa shape index (κ1) is 27.3. The maximum atomic E-state index is 14.4. The number of ketones is 1. The Morgan fingerprint density at radius 3 is 1.71 bits per heavy atom. The zero-order valence-corrected chi connectivity index (χ0v) is 23.7. The molecule has 38 heavy (non-hydrogen) atoms. The van der Waals surface area contributed by atoms with Gasteiger partial charge in [0.05, 0.1) is 5.92 Å². The summed E-state index contributed by atoms with van der Waals surface area (Å²) >= 11 is 0. The number of aryl methyl sites for hydroxylation is 1. The van der Waals surface area contributed by atoms with Gasteiger partial charge in [0, 0.05) is 17.7 Å². The molecule has 0 saturated heterocycles. The van der Waals surface area contributed by atoms with Crippen LogP contribution in [-0.4, -0.2) is 10.9 Å². The molecule has 3 aromatic carbocycles. The first-order chi connectivity index (χ1) is 17.9. The van der Waals surface area contributed by atoms with Gasteiger partial charge in [-0.2, -0.15) is 4.57 Å². The fourth-order valence-corrected chi connectivity index (χ4v) is 5.14. The highest BCUT2D eigenvalue weighted by atomic mass is 16.3. The van der Waals surface area contributed by atoms with Crippen LogP contribution in [0.3, 0.4) is 0 Å². The third-order valence-electron chi connectivity index (χ3n) is 7.25. The normalized spacial score (nSPS) is 13.7. The van der Waals surface area contributed by atoms with Gasteiger partial charge in [0.15, 0.2) is 12.4 Å². The third-order valence-corrected chi connectivity index (χ3v) is 7.25. The Balaban J connectivity index is 2.07. The molecule has 196 valence electrons. The van der Waals surface area contributed by atoms with E-state index >= 15 is 0 Å². The van der Waals surface area contributed by atoms with Gasteiger partial charge in [-0.05, 0) is 40.0 Å². The van der Waals surface area contributed by atoms with E-state index in [0.29, 0.717) is 11.3 Å². The summed E-state index contributed by atoms with van der Waals surface area (Å²) in [6.07, 6.45) is 3.95. The number of carbonyl (C=O) groups excluding carboxylic acids is 1. The minimum Gasteiger partial charge on any atom is -0.507 e. The lowest BCUT2D eigenvalue weighted by molar-refractivity contribution is -0.709. The summed E-state index contributed by atoms with van der Waals surface area (Å²) < 4.78 is 2.03. The molecule has 0 aliphatic carbocycles. The zero-order valence-electron chi connectivity index (χ0n) is 23.7. The largest absolute Gasteiger partial charge is 0.507 e. The fraction of sp³-hybridized carbons (Fsp3) is 0.314. The number of benzene rings is 3. The molecular weight excluding hydrogens is 466 g/mol. The molecule has 1 aromatic heterocycles. The predicted octanol–water partition coefficient (Wildman–Crippen LogP) is 7.84. The number of aromatic hydroxyl groups is 1. The molecule has 1 heterocycles. The maximum Gasteiger partial charge on any atom is 0.231 e. The number of hydrogen-bond acceptors (Lipinski definition) is 2. The van der Waals surface area contributed by atoms with Crippen LogP contribution in [0, 0.1) is 6.92 Å². The van der Waals surface area contributed by atoms with Crippen molar-refractivity contribution < 1.29 is 14.5 Å². The van der Waals surface area contributed by atoms with Crippen molar-refractivity contribution in [1.29, 1.82) is 0 Å². The van der Waals surface area contributed by atoms with Gasteiger partial charge in [0.25, 0.3) is 0 Å². The van der Waals surface area contributed by atoms with Gasteiger partial charge in [0.2, 0.25) is 11.8 Å². The predicted molar refractivity (Wildman–Crippen MR) is 155 cm³/mol. The van der Waals surface area contributed by atoms with E-state index in [4.69, 9.17) is 0 Å². The van der Waals surface area contributed by atoms with E-state index in [-0.39, 0.29) is 22.5 Å². The van der Waals surface area contributed by atoms with Crippen LogP contribution in [-0.2, 0) is 10.8 Å². The third kappa shape index (κ3) is 5.72. The molecule has 4 rings (SSSR count). The molecule has 4 aromatic rings. The number of nitrogens with zero attached hydrogens (tertiary/aromatic N) is 1. The highest BCUT2D eigenvalue weighted by Gasteiger charge is 2.40. The van der Waals surface area contributed by atoms with Crippen LogP contribution in [0.4, 0.5) is 0 Å². The number of pyridine rings is 1. The molecule has 1 N–H and O–H groups in total. The smallest absolute Gasteiger partial charge is 0.231 e. The van der Waals surface area contributed by atoms with E-state index in [9.17, 15) is 9.90 Å². The van der Waals surface area contributed by atoms with Crippen LogP contribution < -0.4 is 4.57 Å². The molecule has 0 aliphatic heterocycles. The van der Waals surface area contributed by atoms with Gasteiger partial charge >= 0.3 is 0 Å². The summed E-state index contributed by atoms with van der Waals surface area (Å²) in [6, 6.07) is 27.6. The van der Waals surface area contributed by atoms with Crippen molar-refractivity contribution >= 4 is 5.78 Å². The number of Topliss-reactive ketones (excluding diaryl/α,β-unsaturated/α-hetero) is 1. The van der Waals surface area contributed by atoms with Crippen molar-refractivity contribution in [1.82, 2.24) is 0 Å². The van der Waals surface area contributed by atoms with Crippen molar-refractivity contribution in [3.05, 3.63) is 131 Å². The maximum absolute atomic E-state index is 14.4. The molecule has 0 fully saturated rings. The Labute approximate surface area is 227 Å². The molecule has 0 bridgehead atoms. The van der Waals surface area contributed by atoms with Crippen LogP contribution in [0.15, 0.2) is 97.3 Å². The number of hydrogen-bond donors (Lipinski definition) is 1. The van der Waals surface area contributed by atoms with Gasteiger partial charge in [-0.3, -0.25) is 4.79 Å². The molecule has 0 amide bonds. The number of aromatic nitrogens is 1. The topological polar surface area (TPSA) is 41.2 Å². The van der Waals surface area contributed by atoms with Crippen LogP contribution in [0.5, 0.6) is 5.75 Å². The molecule has 3 heteroatoms. The fourth-order valence-electron chi connectivity index (χ4n) is 5.14. The average Bonchev–Trinajstić information content (AvgIpc) is 2.87. The van der Waals surface area contributed by atoms with Gasteiger partial charge in [-0.15, -0.1) is 0 Å². The second-order valence-electron chi connectivity index (χ2n) is 12.4. The van der Waals surface area contributed by atoms with Crippen molar-refractivity contribution in [3.8, 4) is 5.75 Å². The number of rotatable bonds is 6. The monoisotopic (exact) mass is 506 g/mol. The summed E-state index contributed by atoms with van der Waals surface area (Å²) in [7, 11) is 0. The van der Waals surface area contributed by atoms with Crippen molar-refractivity contribution in [2.75, 3.05) is 0 Å². The van der Waals surface area contributed by atoms with Crippen molar-refractivity contribution in [2.24, 2.45) is 0 Å². The second kappa shape index (κ2) is 10.6. The summed E-state index contributed by atoms with van der Waals surface area (Å²) in [5.41, 5.74) is 5.15.